The van der Waals surface area contributed by atoms with Crippen LogP contribution >= 0.6 is 0 Å². The molecule has 2 aliphatic heterocycles. The van der Waals surface area contributed by atoms with E-state index in [-0.39, 0.29) is 50.0 Å². The first-order valence-corrected chi connectivity index (χ1v) is 8.54. The molecule has 2 aliphatic rings. The van der Waals surface area contributed by atoms with E-state index in [1.54, 1.807) is 24.0 Å². The highest BCUT2D eigenvalue weighted by molar-refractivity contribution is 6.00. The van der Waals surface area contributed by atoms with Crippen LogP contribution in [-0.2, 0) is 19.1 Å². The molecule has 3 rings (SSSR count). The second kappa shape index (κ2) is 7.41. The molecule has 2 atom stereocenters. The van der Waals surface area contributed by atoms with Gasteiger partial charge in [0.15, 0.2) is 0 Å². The Balaban J connectivity index is 1.68. The predicted molar refractivity (Wildman–Crippen MR) is 90.2 cm³/mol. The Morgan fingerprint density at radius 1 is 1.35 bits per heavy atom. The smallest absolute Gasteiger partial charge is 0.306 e. The van der Waals surface area contributed by atoms with Gasteiger partial charge in [0.25, 0.3) is 0 Å². The van der Waals surface area contributed by atoms with Gasteiger partial charge < -0.3 is 19.6 Å². The molecular weight excluding hydrogens is 343 g/mol. The van der Waals surface area contributed by atoms with Crippen molar-refractivity contribution < 1.29 is 28.6 Å². The van der Waals surface area contributed by atoms with Crippen molar-refractivity contribution in [2.45, 2.75) is 25.9 Å². The van der Waals surface area contributed by atoms with Crippen molar-refractivity contribution in [3.05, 3.63) is 29.6 Å². The minimum atomic E-state index is -0.985. The van der Waals surface area contributed by atoms with E-state index in [9.17, 15) is 18.8 Å². The molecule has 1 aromatic rings. The number of hydrogen-bond acceptors (Lipinski definition) is 4. The third-order valence-electron chi connectivity index (χ3n) is 4.72. The van der Waals surface area contributed by atoms with E-state index in [1.165, 1.54) is 11.0 Å². The van der Waals surface area contributed by atoms with Gasteiger partial charge in [0.1, 0.15) is 5.82 Å². The monoisotopic (exact) mass is 364 g/mol. The molecule has 140 valence electrons. The van der Waals surface area contributed by atoms with Gasteiger partial charge in [-0.05, 0) is 24.6 Å². The Morgan fingerprint density at radius 2 is 2.12 bits per heavy atom. The maximum atomic E-state index is 14.2. The molecule has 0 radical (unpaired) electrons. The van der Waals surface area contributed by atoms with Crippen LogP contribution in [0.5, 0.6) is 0 Å². The third kappa shape index (κ3) is 3.85. The van der Waals surface area contributed by atoms with Gasteiger partial charge >= 0.3 is 5.97 Å². The van der Waals surface area contributed by atoms with Crippen molar-refractivity contribution in [3.8, 4) is 0 Å². The molecule has 0 saturated carbocycles. The molecule has 2 heterocycles. The normalized spacial score (nSPS) is 23.4. The van der Waals surface area contributed by atoms with Crippen LogP contribution < -0.4 is 4.90 Å². The Bertz CT molecular complexity index is 738. The zero-order valence-corrected chi connectivity index (χ0v) is 14.5. The van der Waals surface area contributed by atoms with Gasteiger partial charge in [0, 0.05) is 26.1 Å². The lowest BCUT2D eigenvalue weighted by Crippen LogP contribution is -2.48. The average molecular weight is 364 g/mol. The van der Waals surface area contributed by atoms with E-state index in [4.69, 9.17) is 9.84 Å². The highest BCUT2D eigenvalue weighted by atomic mass is 19.1. The van der Waals surface area contributed by atoms with Crippen molar-refractivity contribution in [1.82, 2.24) is 4.90 Å². The van der Waals surface area contributed by atoms with E-state index >= 15 is 0 Å². The minimum absolute atomic E-state index is 0.0209. The van der Waals surface area contributed by atoms with Crippen LogP contribution in [0, 0.1) is 18.7 Å². The molecule has 2 amide bonds. The summed E-state index contributed by atoms with van der Waals surface area (Å²) in [7, 11) is 0. The molecule has 1 N–H and O–H groups in total. The van der Waals surface area contributed by atoms with Crippen molar-refractivity contribution in [1.29, 1.82) is 0 Å². The number of hydrogen-bond donors (Lipinski definition) is 1. The number of carbonyl (C=O) groups is 3. The summed E-state index contributed by atoms with van der Waals surface area (Å²) in [5.74, 6) is -2.54. The highest BCUT2D eigenvalue weighted by Crippen LogP contribution is 2.29. The molecule has 0 unspecified atom stereocenters. The zero-order valence-electron chi connectivity index (χ0n) is 14.5. The lowest BCUT2D eigenvalue weighted by atomic mass is 10.1. The summed E-state index contributed by atoms with van der Waals surface area (Å²) in [6.07, 6.45) is -0.700. The fraction of sp³-hybridized carbons (Fsp3) is 0.500. The lowest BCUT2D eigenvalue weighted by molar-refractivity contribution is -0.149. The number of rotatable bonds is 4. The predicted octanol–water partition coefficient (Wildman–Crippen LogP) is 1.19. The van der Waals surface area contributed by atoms with E-state index in [2.05, 4.69) is 0 Å². The SMILES string of the molecule is Cc1ccc(N2C[C@@H](C(=O)N3CCO[C@@H](CC(=O)O)C3)CC2=O)c(F)c1. The summed E-state index contributed by atoms with van der Waals surface area (Å²) >= 11 is 0. The van der Waals surface area contributed by atoms with Gasteiger partial charge in [0.2, 0.25) is 11.8 Å². The van der Waals surface area contributed by atoms with Crippen molar-refractivity contribution >= 4 is 23.5 Å². The summed E-state index contributed by atoms with van der Waals surface area (Å²) in [5.41, 5.74) is 0.935. The number of carboxylic acids is 1. The largest absolute Gasteiger partial charge is 0.481 e. The Morgan fingerprint density at radius 3 is 2.81 bits per heavy atom. The quantitative estimate of drug-likeness (QED) is 0.867. The van der Waals surface area contributed by atoms with Crippen molar-refractivity contribution in [3.63, 3.8) is 0 Å². The second-order valence-corrected chi connectivity index (χ2v) is 6.74. The molecule has 26 heavy (non-hydrogen) atoms. The van der Waals surface area contributed by atoms with Crippen molar-refractivity contribution in [2.24, 2.45) is 5.92 Å². The van der Waals surface area contributed by atoms with Crippen LogP contribution in [0.2, 0.25) is 0 Å². The van der Waals surface area contributed by atoms with Gasteiger partial charge in [-0.2, -0.15) is 0 Å². The molecule has 0 bridgehead atoms. The number of ether oxygens (including phenoxy) is 1. The summed E-state index contributed by atoms with van der Waals surface area (Å²) in [5, 5.41) is 8.87. The van der Waals surface area contributed by atoms with Crippen molar-refractivity contribution in [2.75, 3.05) is 31.1 Å². The highest BCUT2D eigenvalue weighted by Gasteiger charge is 2.39. The van der Waals surface area contributed by atoms with Gasteiger partial charge in [-0.15, -0.1) is 0 Å². The minimum Gasteiger partial charge on any atom is -0.481 e. The van der Waals surface area contributed by atoms with E-state index in [1.807, 2.05) is 0 Å². The number of aliphatic carboxylic acids is 1. The molecule has 0 aromatic heterocycles. The number of benzene rings is 1. The van der Waals surface area contributed by atoms with Gasteiger partial charge in [0.05, 0.1) is 30.7 Å². The molecule has 0 spiro atoms. The Labute approximate surface area is 150 Å². The molecule has 2 saturated heterocycles. The maximum Gasteiger partial charge on any atom is 0.306 e. The van der Waals surface area contributed by atoms with Gasteiger partial charge in [-0.1, -0.05) is 6.07 Å². The summed E-state index contributed by atoms with van der Waals surface area (Å²) in [6.45, 7) is 2.70. The summed E-state index contributed by atoms with van der Waals surface area (Å²) in [4.78, 5) is 38.7. The summed E-state index contributed by atoms with van der Waals surface area (Å²) < 4.78 is 19.5. The topological polar surface area (TPSA) is 87.2 Å². The third-order valence-corrected chi connectivity index (χ3v) is 4.72. The number of anilines is 1. The van der Waals surface area contributed by atoms with E-state index in [0.717, 1.165) is 5.56 Å². The summed E-state index contributed by atoms with van der Waals surface area (Å²) in [6, 6.07) is 4.63. The number of halogens is 1. The number of aryl methyl sites for hydroxylation is 1. The first kappa shape index (κ1) is 18.3. The first-order valence-electron chi connectivity index (χ1n) is 8.54. The number of carboxylic acid groups (broad SMARTS) is 1. The fourth-order valence-corrected chi connectivity index (χ4v) is 3.43. The number of nitrogens with zero attached hydrogens (tertiary/aromatic N) is 2. The first-order chi connectivity index (χ1) is 12.3. The van der Waals surface area contributed by atoms with Crippen LogP contribution in [0.3, 0.4) is 0 Å². The van der Waals surface area contributed by atoms with Crippen LogP contribution in [0.4, 0.5) is 10.1 Å². The molecule has 8 heteroatoms. The van der Waals surface area contributed by atoms with Crippen LogP contribution in [0.15, 0.2) is 18.2 Å². The molecular formula is C18H21FN2O5. The van der Waals surface area contributed by atoms with E-state index < -0.39 is 23.8 Å². The fourth-order valence-electron chi connectivity index (χ4n) is 3.43. The molecule has 7 nitrogen and oxygen atoms in total. The van der Waals surface area contributed by atoms with Gasteiger partial charge in [-0.25, -0.2) is 4.39 Å². The number of carbonyl (C=O) groups excluding carboxylic acids is 2. The van der Waals surface area contributed by atoms with Crippen LogP contribution in [-0.4, -0.2) is 60.1 Å². The standard InChI is InChI=1S/C18H21FN2O5/c1-11-2-3-15(14(19)6-11)21-9-12(7-16(21)22)18(25)20-4-5-26-13(10-20)8-17(23)24/h2-3,6,12-13H,4-5,7-10H2,1H3,(H,23,24)/t12-,13-/m0/s1. The second-order valence-electron chi connectivity index (χ2n) is 6.74. The zero-order chi connectivity index (χ0) is 18.8. The van der Waals surface area contributed by atoms with Crippen LogP contribution in [0.1, 0.15) is 18.4 Å². The molecule has 1 aromatic carbocycles. The number of morpholine rings is 1. The van der Waals surface area contributed by atoms with Gasteiger partial charge in [-0.3, -0.25) is 14.4 Å². The molecule has 2 fully saturated rings. The molecule has 0 aliphatic carbocycles. The Kier molecular flexibility index (Phi) is 5.22. The Hall–Kier alpha value is -2.48. The number of amides is 2. The maximum absolute atomic E-state index is 14.2. The van der Waals surface area contributed by atoms with E-state index in [0.29, 0.717) is 6.54 Å². The van der Waals surface area contributed by atoms with Crippen LogP contribution in [0.25, 0.3) is 0 Å². The average Bonchev–Trinajstić information content (AvgIpc) is 2.95. The lowest BCUT2D eigenvalue weighted by Gasteiger charge is -2.33.